The molecule has 2 amide bonds. The van der Waals surface area contributed by atoms with Crippen LogP contribution >= 0.6 is 24.8 Å². The Morgan fingerprint density at radius 1 is 1.09 bits per heavy atom. The van der Waals surface area contributed by atoms with E-state index in [4.69, 9.17) is 5.73 Å². The molecule has 0 bridgehead atoms. The number of phenolic OH excluding ortho intramolecular Hbond substituents is 1. The van der Waals surface area contributed by atoms with Crippen molar-refractivity contribution in [2.75, 3.05) is 45.0 Å². The summed E-state index contributed by atoms with van der Waals surface area (Å²) in [5.74, 6) is -7.79. The Morgan fingerprint density at radius 3 is 2.18 bits per heavy atom. The molecule has 4 rings (SSSR count). The lowest BCUT2D eigenvalue weighted by atomic mass is 9.57. The quantitative estimate of drug-likeness (QED) is 0.171. The maximum Gasteiger partial charge on any atom is 0.255 e. The number of aliphatic hydroxyl groups excluding tert-OH is 2. The number of hydrogen-bond donors (Lipinski definition) is 7. The molecule has 0 radical (unpaired) electrons. The van der Waals surface area contributed by atoms with E-state index < -0.39 is 69.7 Å². The Morgan fingerprint density at radius 2 is 1.68 bits per heavy atom. The molecule has 0 aliphatic heterocycles. The van der Waals surface area contributed by atoms with Gasteiger partial charge in [0.2, 0.25) is 11.7 Å². The number of carbonyl (C=O) groups is 4. The molecule has 13 nitrogen and oxygen atoms in total. The van der Waals surface area contributed by atoms with Crippen molar-refractivity contribution in [2.24, 2.45) is 17.6 Å². The highest BCUT2D eigenvalue weighted by molar-refractivity contribution is 6.24. The molecule has 8 N–H and O–H groups in total. The second-order valence-corrected chi connectivity index (χ2v) is 12.7. The Labute approximate surface area is 268 Å². The number of nitrogens with two attached hydrogens (primary N) is 1. The van der Waals surface area contributed by atoms with Gasteiger partial charge in [0, 0.05) is 36.8 Å². The molecule has 0 saturated heterocycles. The Kier molecular flexibility index (Phi) is 10.5. The van der Waals surface area contributed by atoms with Crippen molar-refractivity contribution in [1.82, 2.24) is 10.2 Å². The first kappa shape index (κ1) is 36.8. The van der Waals surface area contributed by atoms with Crippen LogP contribution in [0.5, 0.6) is 5.75 Å². The van der Waals surface area contributed by atoms with Gasteiger partial charge in [-0.3, -0.25) is 24.1 Å². The van der Waals surface area contributed by atoms with Gasteiger partial charge in [0.15, 0.2) is 11.4 Å². The summed E-state index contributed by atoms with van der Waals surface area (Å²) in [4.78, 5) is 55.3. The topological polar surface area (TPSA) is 206 Å². The minimum atomic E-state index is -2.73. The van der Waals surface area contributed by atoms with E-state index in [1.807, 2.05) is 20.8 Å². The molecular weight excluding hydrogens is 617 g/mol. The highest BCUT2D eigenvalue weighted by atomic mass is 35.5. The molecule has 4 atom stereocenters. The number of aromatic hydroxyl groups is 1. The summed E-state index contributed by atoms with van der Waals surface area (Å²) < 4.78 is 0. The molecule has 0 heterocycles. The zero-order valence-electron chi connectivity index (χ0n) is 25.6. The smallest absolute Gasteiger partial charge is 0.255 e. The predicted molar refractivity (Wildman–Crippen MR) is 169 cm³/mol. The molecule has 0 aromatic heterocycles. The van der Waals surface area contributed by atoms with E-state index in [1.54, 1.807) is 39.2 Å². The summed E-state index contributed by atoms with van der Waals surface area (Å²) >= 11 is 0. The summed E-state index contributed by atoms with van der Waals surface area (Å²) in [6.07, 6.45) is 0.117. The highest BCUT2D eigenvalue weighted by Crippen LogP contribution is 2.54. The fourth-order valence-corrected chi connectivity index (χ4v) is 6.33. The van der Waals surface area contributed by atoms with Crippen LogP contribution < -0.4 is 21.3 Å². The fraction of sp³-hybridized carbons (Fsp3) is 0.517. The zero-order chi connectivity index (χ0) is 31.6. The van der Waals surface area contributed by atoms with Crippen LogP contribution in [0.1, 0.15) is 38.3 Å². The number of fused-ring (bicyclic) bond motifs is 3. The number of Topliss-reactive ketones (excluding diaryl/α,β-unsaturated/α-hetero) is 2. The van der Waals surface area contributed by atoms with Gasteiger partial charge >= 0.3 is 0 Å². The van der Waals surface area contributed by atoms with E-state index in [1.165, 1.54) is 4.90 Å². The van der Waals surface area contributed by atoms with E-state index in [0.717, 1.165) is 0 Å². The van der Waals surface area contributed by atoms with E-state index in [0.29, 0.717) is 11.3 Å². The summed E-state index contributed by atoms with van der Waals surface area (Å²) in [5, 5.41) is 51.3. The molecule has 1 aromatic rings. The number of aliphatic hydroxyl groups is 3. The van der Waals surface area contributed by atoms with Gasteiger partial charge < -0.3 is 41.7 Å². The van der Waals surface area contributed by atoms with Gasteiger partial charge in [0.25, 0.3) is 5.91 Å². The summed E-state index contributed by atoms with van der Waals surface area (Å²) in [7, 11) is 6.58. The van der Waals surface area contributed by atoms with Gasteiger partial charge in [-0.15, -0.1) is 24.8 Å². The molecule has 244 valence electrons. The van der Waals surface area contributed by atoms with Gasteiger partial charge in [-0.1, -0.05) is 0 Å². The molecule has 0 spiro atoms. The van der Waals surface area contributed by atoms with Gasteiger partial charge in [-0.2, -0.15) is 0 Å². The average molecular weight is 659 g/mol. The average Bonchev–Trinajstić information content (AvgIpc) is 2.85. The standard InChI is InChI=1S/C29H39N5O8.2ClH/c1-28(2,3)31-11-17(35)32-15-10-16(33(4)5)13-8-12-9-14-21(34(6)7)24(38)20(27(30)41)26(40)29(14,42)25(39)18(12)23(37)19(13)22(15)36;;/h10,12,14,21,31,36-37,40,42H,8-9,11H2,1-7H3,(H2,30,41)(H,32,35);2*1H/t12?,14?,21-,29-;;/m0../s1. The Bertz CT molecular complexity index is 1470. The molecule has 3 aliphatic rings. The minimum absolute atomic E-state index is 0. The molecule has 2 unspecified atom stereocenters. The molecule has 44 heavy (non-hydrogen) atoms. The number of hydrogen-bond acceptors (Lipinski definition) is 11. The van der Waals surface area contributed by atoms with Crippen molar-refractivity contribution >= 4 is 65.3 Å². The van der Waals surface area contributed by atoms with Crippen molar-refractivity contribution in [1.29, 1.82) is 0 Å². The van der Waals surface area contributed by atoms with E-state index in [9.17, 15) is 39.6 Å². The number of halogens is 2. The third-order valence-electron chi connectivity index (χ3n) is 8.23. The summed E-state index contributed by atoms with van der Waals surface area (Å²) in [6, 6.07) is 0.409. The number of likely N-dealkylation sites (N-methyl/N-ethyl adjacent to an activating group) is 1. The number of rotatable bonds is 6. The summed E-state index contributed by atoms with van der Waals surface area (Å²) in [6.45, 7) is 5.62. The van der Waals surface area contributed by atoms with Crippen LogP contribution in [0, 0.1) is 11.8 Å². The van der Waals surface area contributed by atoms with Gasteiger partial charge in [-0.25, -0.2) is 0 Å². The van der Waals surface area contributed by atoms with Crippen molar-refractivity contribution in [2.45, 2.75) is 50.8 Å². The number of amides is 2. The largest absolute Gasteiger partial charge is 0.508 e. The molecule has 1 saturated carbocycles. The van der Waals surface area contributed by atoms with Crippen LogP contribution in [0.3, 0.4) is 0 Å². The molecular formula is C29H41Cl2N5O8. The molecule has 1 aromatic carbocycles. The van der Waals surface area contributed by atoms with Crippen LogP contribution in [0.15, 0.2) is 23.0 Å². The molecule has 3 aliphatic carbocycles. The van der Waals surface area contributed by atoms with E-state index in [-0.39, 0.29) is 66.6 Å². The van der Waals surface area contributed by atoms with Crippen LogP contribution in [-0.4, -0.2) is 101 Å². The normalized spacial score (nSPS) is 24.5. The van der Waals surface area contributed by atoms with Gasteiger partial charge in [0.1, 0.15) is 22.8 Å². The SMILES string of the molecule is CN(C)c1cc(NC(=O)CNC(C)(C)C)c(O)c2c1CC1CC3[C@H](N(C)C)C(=O)C(C(N)=O)=C(O)[C@@]3(O)C(=O)C1=C2O.Cl.Cl. The molecule has 15 heteroatoms. The lowest BCUT2D eigenvalue weighted by molar-refractivity contribution is -0.153. The number of anilines is 2. The number of phenols is 1. The van der Waals surface area contributed by atoms with Crippen LogP contribution in [0.4, 0.5) is 11.4 Å². The third-order valence-corrected chi connectivity index (χ3v) is 8.23. The van der Waals surface area contributed by atoms with E-state index in [2.05, 4.69) is 10.6 Å². The van der Waals surface area contributed by atoms with Crippen LogP contribution in [-0.2, 0) is 25.6 Å². The minimum Gasteiger partial charge on any atom is -0.508 e. The zero-order valence-corrected chi connectivity index (χ0v) is 27.3. The van der Waals surface area contributed by atoms with E-state index >= 15 is 0 Å². The van der Waals surface area contributed by atoms with Crippen LogP contribution in [0.2, 0.25) is 0 Å². The highest BCUT2D eigenvalue weighted by Gasteiger charge is 2.64. The monoisotopic (exact) mass is 657 g/mol. The Balaban J connectivity index is 0.00000337. The predicted octanol–water partition coefficient (Wildman–Crippen LogP) is 1.20. The maximum absolute atomic E-state index is 14.0. The van der Waals surface area contributed by atoms with Gasteiger partial charge in [-0.05, 0) is 65.3 Å². The van der Waals surface area contributed by atoms with Crippen LogP contribution in [0.25, 0.3) is 5.76 Å². The number of ketones is 2. The van der Waals surface area contributed by atoms with Crippen molar-refractivity contribution in [3.63, 3.8) is 0 Å². The molecule has 1 fully saturated rings. The number of nitrogens with one attached hydrogen (secondary N) is 2. The van der Waals surface area contributed by atoms with Crippen molar-refractivity contribution < 1.29 is 39.6 Å². The van der Waals surface area contributed by atoms with Crippen molar-refractivity contribution in [3.8, 4) is 5.75 Å². The fourth-order valence-electron chi connectivity index (χ4n) is 6.33. The second-order valence-electron chi connectivity index (χ2n) is 12.7. The first-order chi connectivity index (χ1) is 19.3. The Hall–Kier alpha value is -3.36. The number of primary amides is 1. The number of nitrogens with zero attached hydrogens (tertiary/aromatic N) is 2. The maximum atomic E-state index is 14.0. The first-order valence-corrected chi connectivity index (χ1v) is 13.6. The van der Waals surface area contributed by atoms with Gasteiger partial charge in [0.05, 0.1) is 23.8 Å². The number of benzene rings is 1. The van der Waals surface area contributed by atoms with Crippen molar-refractivity contribution in [3.05, 3.63) is 34.1 Å². The third kappa shape index (κ3) is 5.86. The lowest BCUT2D eigenvalue weighted by Crippen LogP contribution is -2.65. The number of carbonyl (C=O) groups excluding carboxylic acids is 4. The lowest BCUT2D eigenvalue weighted by Gasteiger charge is -2.50. The summed E-state index contributed by atoms with van der Waals surface area (Å²) in [5.41, 5.74) is 2.11. The second kappa shape index (κ2) is 12.6. The first-order valence-electron chi connectivity index (χ1n) is 13.6.